The van der Waals surface area contributed by atoms with Gasteiger partial charge in [0.2, 0.25) is 5.91 Å². The monoisotopic (exact) mass is 225 g/mol. The maximum Gasteiger partial charge on any atom is 0.232 e. The van der Waals surface area contributed by atoms with Crippen LogP contribution in [0.25, 0.3) is 0 Å². The molecule has 1 aromatic rings. The van der Waals surface area contributed by atoms with Crippen molar-refractivity contribution in [2.24, 2.45) is 5.41 Å². The van der Waals surface area contributed by atoms with Crippen molar-refractivity contribution in [2.75, 3.05) is 11.9 Å². The minimum Gasteiger partial charge on any atom is -0.314 e. The highest BCUT2D eigenvalue weighted by molar-refractivity contribution is 6.33. The summed E-state index contributed by atoms with van der Waals surface area (Å²) in [6, 6.07) is 7.34. The summed E-state index contributed by atoms with van der Waals surface area (Å²) in [4.78, 5) is 13.6. The van der Waals surface area contributed by atoms with Gasteiger partial charge in [-0.05, 0) is 12.1 Å². The van der Waals surface area contributed by atoms with E-state index in [1.807, 2.05) is 39.0 Å². The molecule has 0 aliphatic carbocycles. The van der Waals surface area contributed by atoms with Gasteiger partial charge in [0.05, 0.1) is 10.7 Å². The van der Waals surface area contributed by atoms with Crippen LogP contribution in [0.4, 0.5) is 5.69 Å². The predicted molar refractivity (Wildman–Crippen MR) is 64.3 cm³/mol. The van der Waals surface area contributed by atoms with Gasteiger partial charge < -0.3 is 4.90 Å². The highest BCUT2D eigenvalue weighted by Crippen LogP contribution is 2.27. The maximum absolute atomic E-state index is 12.0. The number of amides is 1. The molecule has 0 fully saturated rings. The van der Waals surface area contributed by atoms with Gasteiger partial charge in [0, 0.05) is 12.5 Å². The lowest BCUT2D eigenvalue weighted by molar-refractivity contribution is -0.125. The van der Waals surface area contributed by atoms with Gasteiger partial charge in [-0.2, -0.15) is 0 Å². The summed E-state index contributed by atoms with van der Waals surface area (Å²) < 4.78 is 0. The lowest BCUT2D eigenvalue weighted by Gasteiger charge is -2.26. The van der Waals surface area contributed by atoms with Crippen molar-refractivity contribution in [1.29, 1.82) is 0 Å². The Labute approximate surface area is 95.8 Å². The van der Waals surface area contributed by atoms with Crippen LogP contribution in [0, 0.1) is 5.41 Å². The molecule has 0 atom stereocenters. The molecular weight excluding hydrogens is 210 g/mol. The third-order valence-corrected chi connectivity index (χ3v) is 2.48. The van der Waals surface area contributed by atoms with E-state index in [-0.39, 0.29) is 5.91 Å². The summed E-state index contributed by atoms with van der Waals surface area (Å²) in [6.07, 6.45) is 0. The van der Waals surface area contributed by atoms with Crippen LogP contribution >= 0.6 is 11.6 Å². The molecule has 0 radical (unpaired) electrons. The van der Waals surface area contributed by atoms with E-state index in [0.717, 1.165) is 5.69 Å². The molecule has 0 saturated heterocycles. The van der Waals surface area contributed by atoms with E-state index in [0.29, 0.717) is 5.02 Å². The number of carbonyl (C=O) groups excluding carboxylic acids is 1. The van der Waals surface area contributed by atoms with Crippen LogP contribution in [0.15, 0.2) is 24.3 Å². The van der Waals surface area contributed by atoms with Crippen LogP contribution in [-0.4, -0.2) is 13.0 Å². The SMILES string of the molecule is CN(C(=O)C(C)(C)C)c1ccccc1Cl. The molecule has 0 N–H and O–H groups in total. The number of benzene rings is 1. The van der Waals surface area contributed by atoms with Crippen LogP contribution in [0.1, 0.15) is 20.8 Å². The van der Waals surface area contributed by atoms with E-state index >= 15 is 0 Å². The second kappa shape index (κ2) is 4.23. The van der Waals surface area contributed by atoms with Crippen molar-refractivity contribution < 1.29 is 4.79 Å². The number of nitrogens with zero attached hydrogens (tertiary/aromatic N) is 1. The largest absolute Gasteiger partial charge is 0.314 e. The Morgan fingerprint density at radius 3 is 2.27 bits per heavy atom. The summed E-state index contributed by atoms with van der Waals surface area (Å²) in [5, 5.41) is 0.595. The van der Waals surface area contributed by atoms with Crippen LogP contribution in [-0.2, 0) is 4.79 Å². The Bertz CT molecular complexity index is 368. The molecule has 1 rings (SSSR count). The molecule has 0 heterocycles. The molecule has 2 nitrogen and oxygen atoms in total. The fraction of sp³-hybridized carbons (Fsp3) is 0.417. The summed E-state index contributed by atoms with van der Waals surface area (Å²) >= 11 is 6.02. The topological polar surface area (TPSA) is 20.3 Å². The molecule has 82 valence electrons. The van der Waals surface area contributed by atoms with Crippen LogP contribution < -0.4 is 4.90 Å². The Hall–Kier alpha value is -1.02. The number of para-hydroxylation sites is 1. The zero-order chi connectivity index (χ0) is 11.6. The molecule has 0 aromatic heterocycles. The van der Waals surface area contributed by atoms with Gasteiger partial charge in [-0.25, -0.2) is 0 Å². The molecule has 0 saturated carbocycles. The minimum absolute atomic E-state index is 0.0515. The molecule has 0 unspecified atom stereocenters. The zero-order valence-corrected chi connectivity index (χ0v) is 10.3. The molecule has 15 heavy (non-hydrogen) atoms. The standard InChI is InChI=1S/C12H16ClNO/c1-12(2,3)11(15)14(4)10-8-6-5-7-9(10)13/h5-8H,1-4H3. The third-order valence-electron chi connectivity index (χ3n) is 2.16. The molecule has 1 amide bonds. The van der Waals surface area contributed by atoms with Gasteiger partial charge in [-0.3, -0.25) is 4.79 Å². The Balaban J connectivity index is 3.01. The molecule has 0 spiro atoms. The average Bonchev–Trinajstić information content (AvgIpc) is 2.15. The number of hydrogen-bond acceptors (Lipinski definition) is 1. The molecular formula is C12H16ClNO. The highest BCUT2D eigenvalue weighted by Gasteiger charge is 2.26. The van der Waals surface area contributed by atoms with Crippen molar-refractivity contribution in [3.63, 3.8) is 0 Å². The third kappa shape index (κ3) is 2.72. The first-order valence-corrected chi connectivity index (χ1v) is 5.24. The first-order chi connectivity index (χ1) is 6.84. The number of anilines is 1. The van der Waals surface area contributed by atoms with Crippen LogP contribution in [0.5, 0.6) is 0 Å². The molecule has 3 heteroatoms. The van der Waals surface area contributed by atoms with E-state index in [1.54, 1.807) is 18.0 Å². The van der Waals surface area contributed by atoms with Gasteiger partial charge in [0.25, 0.3) is 0 Å². The molecule has 0 bridgehead atoms. The van der Waals surface area contributed by atoms with Gasteiger partial charge in [0.15, 0.2) is 0 Å². The van der Waals surface area contributed by atoms with Crippen molar-refractivity contribution in [3.05, 3.63) is 29.3 Å². The maximum atomic E-state index is 12.0. The summed E-state index contributed by atoms with van der Waals surface area (Å²) in [6.45, 7) is 5.67. The van der Waals surface area contributed by atoms with E-state index in [4.69, 9.17) is 11.6 Å². The van der Waals surface area contributed by atoms with Crippen molar-refractivity contribution >= 4 is 23.2 Å². The lowest BCUT2D eigenvalue weighted by Crippen LogP contribution is -2.36. The molecule has 0 aliphatic rings. The Morgan fingerprint density at radius 1 is 1.27 bits per heavy atom. The van der Waals surface area contributed by atoms with E-state index < -0.39 is 5.41 Å². The van der Waals surface area contributed by atoms with E-state index in [9.17, 15) is 4.79 Å². The molecule has 1 aromatic carbocycles. The number of hydrogen-bond donors (Lipinski definition) is 0. The summed E-state index contributed by atoms with van der Waals surface area (Å²) in [5.41, 5.74) is 0.354. The van der Waals surface area contributed by atoms with Crippen molar-refractivity contribution in [3.8, 4) is 0 Å². The fourth-order valence-electron chi connectivity index (χ4n) is 1.34. The lowest BCUT2D eigenvalue weighted by atomic mass is 9.95. The first-order valence-electron chi connectivity index (χ1n) is 4.86. The first kappa shape index (κ1) is 12.1. The van der Waals surface area contributed by atoms with E-state index in [2.05, 4.69) is 0 Å². The van der Waals surface area contributed by atoms with Gasteiger partial charge in [-0.15, -0.1) is 0 Å². The van der Waals surface area contributed by atoms with Gasteiger partial charge in [-0.1, -0.05) is 44.5 Å². The second-order valence-electron chi connectivity index (χ2n) is 4.57. The normalized spacial score (nSPS) is 11.3. The zero-order valence-electron chi connectivity index (χ0n) is 9.54. The van der Waals surface area contributed by atoms with E-state index in [1.165, 1.54) is 0 Å². The van der Waals surface area contributed by atoms with Crippen molar-refractivity contribution in [2.45, 2.75) is 20.8 Å². The predicted octanol–water partition coefficient (Wildman–Crippen LogP) is 3.35. The summed E-state index contributed by atoms with van der Waals surface area (Å²) in [5.74, 6) is 0.0515. The fourth-order valence-corrected chi connectivity index (χ4v) is 1.60. The van der Waals surface area contributed by atoms with Crippen molar-refractivity contribution in [1.82, 2.24) is 0 Å². The minimum atomic E-state index is -0.395. The number of halogens is 1. The number of rotatable bonds is 1. The van der Waals surface area contributed by atoms with Gasteiger partial charge in [0.1, 0.15) is 0 Å². The molecule has 0 aliphatic heterocycles. The smallest absolute Gasteiger partial charge is 0.232 e. The van der Waals surface area contributed by atoms with Crippen LogP contribution in [0.3, 0.4) is 0 Å². The summed E-state index contributed by atoms with van der Waals surface area (Å²) in [7, 11) is 1.74. The van der Waals surface area contributed by atoms with Crippen LogP contribution in [0.2, 0.25) is 5.02 Å². The highest BCUT2D eigenvalue weighted by atomic mass is 35.5. The van der Waals surface area contributed by atoms with Gasteiger partial charge >= 0.3 is 0 Å². The second-order valence-corrected chi connectivity index (χ2v) is 4.97. The average molecular weight is 226 g/mol. The number of carbonyl (C=O) groups is 1. The Morgan fingerprint density at radius 2 is 1.80 bits per heavy atom. The quantitative estimate of drug-likeness (QED) is 0.718. The Kier molecular flexibility index (Phi) is 3.40.